The van der Waals surface area contributed by atoms with Gasteiger partial charge in [-0.3, -0.25) is 0 Å². The number of aryl methyl sites for hydroxylation is 1. The molecule has 2 aromatic carbocycles. The molecule has 4 rings (SSSR count). The summed E-state index contributed by atoms with van der Waals surface area (Å²) in [6, 6.07) is 9.37. The first-order valence-corrected chi connectivity index (χ1v) is 8.27. The number of nitrogens with zero attached hydrogens (tertiary/aromatic N) is 4. The quantitative estimate of drug-likeness (QED) is 0.758. The van der Waals surface area contributed by atoms with Crippen LogP contribution < -0.4 is 10.4 Å². The summed E-state index contributed by atoms with van der Waals surface area (Å²) in [4.78, 5) is 12.3. The predicted molar refractivity (Wildman–Crippen MR) is 91.0 cm³/mol. The standard InChI is InChI=1S/C18H17FN4O3/c1-22-18(25)23(21-20-22)16-4-2-3-13(11-5-6-11)14(16)10-26-17-8-7-12(24)9-15(17)19/h2-4,7-9,11,24H,5-6,10H2,1H3. The van der Waals surface area contributed by atoms with E-state index >= 15 is 0 Å². The molecule has 26 heavy (non-hydrogen) atoms. The van der Waals surface area contributed by atoms with E-state index in [2.05, 4.69) is 10.4 Å². The second-order valence-electron chi connectivity index (χ2n) is 6.32. The molecule has 7 nitrogen and oxygen atoms in total. The van der Waals surface area contributed by atoms with Crippen LogP contribution in [0.2, 0.25) is 0 Å². The fraction of sp³-hybridized carbons (Fsp3) is 0.278. The van der Waals surface area contributed by atoms with Crippen molar-refractivity contribution < 1.29 is 14.2 Å². The van der Waals surface area contributed by atoms with Crippen LogP contribution in [-0.4, -0.2) is 24.9 Å². The molecule has 1 aromatic heterocycles. The van der Waals surface area contributed by atoms with Gasteiger partial charge in [0.1, 0.15) is 12.4 Å². The molecule has 0 spiro atoms. The molecule has 0 saturated heterocycles. The summed E-state index contributed by atoms with van der Waals surface area (Å²) in [5.74, 6) is -0.372. The van der Waals surface area contributed by atoms with E-state index in [1.165, 1.54) is 23.9 Å². The van der Waals surface area contributed by atoms with Gasteiger partial charge in [0, 0.05) is 18.7 Å². The highest BCUT2D eigenvalue weighted by molar-refractivity contribution is 5.48. The Labute approximate surface area is 148 Å². The highest BCUT2D eigenvalue weighted by atomic mass is 19.1. The van der Waals surface area contributed by atoms with Gasteiger partial charge in [0.25, 0.3) is 0 Å². The minimum Gasteiger partial charge on any atom is -0.508 e. The first kappa shape index (κ1) is 16.3. The summed E-state index contributed by atoms with van der Waals surface area (Å²) >= 11 is 0. The fourth-order valence-electron chi connectivity index (χ4n) is 2.95. The van der Waals surface area contributed by atoms with Crippen LogP contribution in [0.3, 0.4) is 0 Å². The third-order valence-electron chi connectivity index (χ3n) is 4.44. The van der Waals surface area contributed by atoms with Gasteiger partial charge in [0.05, 0.1) is 5.69 Å². The number of aromatic nitrogens is 4. The molecule has 1 aliphatic rings. The zero-order chi connectivity index (χ0) is 18.3. The minimum atomic E-state index is -0.646. The largest absolute Gasteiger partial charge is 0.508 e. The topological polar surface area (TPSA) is 82.2 Å². The number of benzene rings is 2. The number of aromatic hydroxyl groups is 1. The molecule has 0 radical (unpaired) electrons. The zero-order valence-corrected chi connectivity index (χ0v) is 14.1. The van der Waals surface area contributed by atoms with Gasteiger partial charge in [-0.2, -0.15) is 9.36 Å². The monoisotopic (exact) mass is 356 g/mol. The lowest BCUT2D eigenvalue weighted by Crippen LogP contribution is -2.23. The van der Waals surface area contributed by atoms with Crippen LogP contribution in [0.1, 0.15) is 29.9 Å². The maximum Gasteiger partial charge on any atom is 0.368 e. The van der Waals surface area contributed by atoms with Crippen molar-refractivity contribution in [1.29, 1.82) is 0 Å². The maximum atomic E-state index is 13.9. The Morgan fingerprint density at radius 1 is 1.27 bits per heavy atom. The molecular weight excluding hydrogens is 339 g/mol. The lowest BCUT2D eigenvalue weighted by Gasteiger charge is -2.15. The number of phenols is 1. The predicted octanol–water partition coefficient (Wildman–Crippen LogP) is 2.27. The van der Waals surface area contributed by atoms with Gasteiger partial charge in [0.15, 0.2) is 11.6 Å². The Bertz CT molecular complexity index is 1020. The summed E-state index contributed by atoms with van der Waals surface area (Å²) in [5, 5.41) is 17.0. The Morgan fingerprint density at radius 2 is 2.08 bits per heavy atom. The van der Waals surface area contributed by atoms with E-state index in [0.29, 0.717) is 11.6 Å². The number of halogens is 1. The van der Waals surface area contributed by atoms with Crippen LogP contribution in [-0.2, 0) is 13.7 Å². The Balaban J connectivity index is 1.73. The number of phenolic OH excluding ortho intramolecular Hbond substituents is 1. The number of tetrazole rings is 1. The Hall–Kier alpha value is -3.16. The van der Waals surface area contributed by atoms with E-state index in [1.54, 1.807) is 6.07 Å². The fourth-order valence-corrected chi connectivity index (χ4v) is 2.95. The summed E-state index contributed by atoms with van der Waals surface area (Å²) < 4.78 is 22.0. The number of ether oxygens (including phenoxy) is 1. The van der Waals surface area contributed by atoms with E-state index in [4.69, 9.17) is 4.74 Å². The smallest absolute Gasteiger partial charge is 0.368 e. The van der Waals surface area contributed by atoms with Crippen molar-refractivity contribution in [1.82, 2.24) is 19.8 Å². The number of hydrogen-bond donors (Lipinski definition) is 1. The molecule has 0 bridgehead atoms. The van der Waals surface area contributed by atoms with Crippen LogP contribution in [0.25, 0.3) is 5.69 Å². The first-order valence-electron chi connectivity index (χ1n) is 8.27. The number of rotatable bonds is 5. The summed E-state index contributed by atoms with van der Waals surface area (Å²) in [7, 11) is 1.53. The Morgan fingerprint density at radius 3 is 2.73 bits per heavy atom. The SMILES string of the molecule is Cn1nnn(-c2cccc(C3CC3)c2COc2ccc(O)cc2F)c1=O. The van der Waals surface area contributed by atoms with Gasteiger partial charge < -0.3 is 9.84 Å². The molecule has 3 aromatic rings. The zero-order valence-electron chi connectivity index (χ0n) is 14.1. The van der Waals surface area contributed by atoms with Gasteiger partial charge in [-0.05, 0) is 52.9 Å². The highest BCUT2D eigenvalue weighted by Crippen LogP contribution is 2.43. The molecule has 1 saturated carbocycles. The van der Waals surface area contributed by atoms with Crippen LogP contribution in [0, 0.1) is 5.82 Å². The molecule has 134 valence electrons. The molecule has 0 aliphatic heterocycles. The van der Waals surface area contributed by atoms with Gasteiger partial charge in [-0.25, -0.2) is 9.18 Å². The molecule has 1 heterocycles. The lowest BCUT2D eigenvalue weighted by molar-refractivity contribution is 0.287. The normalized spacial score (nSPS) is 13.8. The van der Waals surface area contributed by atoms with Crippen LogP contribution in [0.5, 0.6) is 11.5 Å². The molecule has 0 atom stereocenters. The first-order chi connectivity index (χ1) is 12.5. The molecule has 0 amide bonds. The van der Waals surface area contributed by atoms with Crippen molar-refractivity contribution in [3.63, 3.8) is 0 Å². The summed E-state index contributed by atoms with van der Waals surface area (Å²) in [6.45, 7) is 0.0761. The van der Waals surface area contributed by atoms with Crippen molar-refractivity contribution >= 4 is 0 Å². The second kappa shape index (κ2) is 6.29. The van der Waals surface area contributed by atoms with Gasteiger partial charge >= 0.3 is 5.69 Å². The minimum absolute atomic E-state index is 0.0332. The highest BCUT2D eigenvalue weighted by Gasteiger charge is 2.28. The molecule has 1 aliphatic carbocycles. The van der Waals surface area contributed by atoms with Crippen molar-refractivity contribution in [2.75, 3.05) is 0 Å². The van der Waals surface area contributed by atoms with E-state index in [1.807, 2.05) is 12.1 Å². The van der Waals surface area contributed by atoms with Crippen LogP contribution in [0.4, 0.5) is 4.39 Å². The van der Waals surface area contributed by atoms with Gasteiger partial charge in [0.2, 0.25) is 0 Å². The van der Waals surface area contributed by atoms with E-state index in [0.717, 1.165) is 34.7 Å². The van der Waals surface area contributed by atoms with Crippen LogP contribution in [0.15, 0.2) is 41.2 Å². The maximum absolute atomic E-state index is 13.9. The van der Waals surface area contributed by atoms with E-state index < -0.39 is 5.82 Å². The van der Waals surface area contributed by atoms with Crippen molar-refractivity contribution in [3.8, 4) is 17.2 Å². The van der Waals surface area contributed by atoms with Crippen molar-refractivity contribution in [2.24, 2.45) is 7.05 Å². The van der Waals surface area contributed by atoms with E-state index in [-0.39, 0.29) is 23.8 Å². The van der Waals surface area contributed by atoms with Gasteiger partial charge in [-0.1, -0.05) is 12.1 Å². The van der Waals surface area contributed by atoms with Gasteiger partial charge in [-0.15, -0.1) is 0 Å². The Kier molecular flexibility index (Phi) is 3.95. The van der Waals surface area contributed by atoms with Crippen molar-refractivity contribution in [2.45, 2.75) is 25.4 Å². The summed E-state index contributed by atoms with van der Waals surface area (Å²) in [5.41, 5.74) is 2.06. The lowest BCUT2D eigenvalue weighted by atomic mass is 10.0. The molecule has 8 heteroatoms. The van der Waals surface area contributed by atoms with Crippen LogP contribution >= 0.6 is 0 Å². The number of hydrogen-bond acceptors (Lipinski definition) is 5. The second-order valence-corrected chi connectivity index (χ2v) is 6.32. The van der Waals surface area contributed by atoms with Crippen molar-refractivity contribution in [3.05, 3.63) is 63.8 Å². The average Bonchev–Trinajstić information content (AvgIpc) is 3.41. The molecule has 0 unspecified atom stereocenters. The third-order valence-corrected chi connectivity index (χ3v) is 4.44. The van der Waals surface area contributed by atoms with E-state index in [9.17, 15) is 14.3 Å². The molecular formula is C18H17FN4O3. The molecule has 1 fully saturated rings. The molecule has 1 N–H and O–H groups in total. The third kappa shape index (κ3) is 2.94. The average molecular weight is 356 g/mol. The summed E-state index contributed by atoms with van der Waals surface area (Å²) in [6.07, 6.45) is 2.14.